The summed E-state index contributed by atoms with van der Waals surface area (Å²) in [7, 11) is 0. The van der Waals surface area contributed by atoms with Crippen LogP contribution in [-0.2, 0) is 9.53 Å². The highest BCUT2D eigenvalue weighted by molar-refractivity contribution is 5.75. The quantitative estimate of drug-likeness (QED) is 0.292. The van der Waals surface area contributed by atoms with Crippen molar-refractivity contribution >= 4 is 14.4 Å². The molecule has 0 atom stereocenters. The SMILES string of the molecule is B.O=C1CCCO1. The van der Waals surface area contributed by atoms with Gasteiger partial charge in [0.05, 0.1) is 15.0 Å². The molecule has 40 valence electrons. The Morgan fingerprint density at radius 1 is 1.57 bits per heavy atom. The molecule has 0 aromatic heterocycles. The van der Waals surface area contributed by atoms with E-state index in [-0.39, 0.29) is 14.4 Å². The minimum absolute atomic E-state index is 0. The normalized spacial score (nSPS) is 18.0. The second-order valence-electron chi connectivity index (χ2n) is 1.32. The van der Waals surface area contributed by atoms with E-state index in [0.717, 1.165) is 6.42 Å². The predicted octanol–water partition coefficient (Wildman–Crippen LogP) is -0.861. The van der Waals surface area contributed by atoms with Crippen LogP contribution >= 0.6 is 0 Å². The van der Waals surface area contributed by atoms with Crippen LogP contribution in [0.5, 0.6) is 0 Å². The molecule has 1 rings (SSSR count). The maximum Gasteiger partial charge on any atom is 0.305 e. The number of carbonyl (C=O) groups is 1. The summed E-state index contributed by atoms with van der Waals surface area (Å²) < 4.78 is 4.51. The van der Waals surface area contributed by atoms with Gasteiger partial charge in [0.2, 0.25) is 0 Å². The van der Waals surface area contributed by atoms with Gasteiger partial charge in [-0.25, -0.2) is 0 Å². The number of hydrogen-bond donors (Lipinski definition) is 0. The van der Waals surface area contributed by atoms with Crippen molar-refractivity contribution in [2.75, 3.05) is 6.61 Å². The average Bonchev–Trinajstić information content (AvgIpc) is 1.86. The van der Waals surface area contributed by atoms with Crippen molar-refractivity contribution in [2.24, 2.45) is 0 Å². The standard InChI is InChI=1S/C4H6O2.BH3/c5-4-2-1-3-6-4;/h1-3H2;1H3. The van der Waals surface area contributed by atoms with Crippen molar-refractivity contribution in [1.29, 1.82) is 0 Å². The van der Waals surface area contributed by atoms with E-state index in [2.05, 4.69) is 4.74 Å². The third-order valence-corrected chi connectivity index (χ3v) is 0.788. The lowest BCUT2D eigenvalue weighted by Crippen LogP contribution is -1.88. The van der Waals surface area contributed by atoms with Gasteiger partial charge in [-0.15, -0.1) is 0 Å². The predicted molar refractivity (Wildman–Crippen MR) is 30.1 cm³/mol. The van der Waals surface area contributed by atoms with Gasteiger partial charge < -0.3 is 4.74 Å². The van der Waals surface area contributed by atoms with E-state index in [1.807, 2.05) is 0 Å². The molecule has 0 aliphatic carbocycles. The van der Waals surface area contributed by atoms with Gasteiger partial charge in [-0.2, -0.15) is 0 Å². The molecule has 7 heavy (non-hydrogen) atoms. The van der Waals surface area contributed by atoms with Gasteiger partial charge in [0.1, 0.15) is 0 Å². The first-order chi connectivity index (χ1) is 2.89. The smallest absolute Gasteiger partial charge is 0.305 e. The van der Waals surface area contributed by atoms with E-state index in [1.165, 1.54) is 0 Å². The van der Waals surface area contributed by atoms with Crippen molar-refractivity contribution in [3.8, 4) is 0 Å². The molecule has 0 aromatic rings. The molecule has 0 spiro atoms. The fourth-order valence-electron chi connectivity index (χ4n) is 0.475. The van der Waals surface area contributed by atoms with Crippen LogP contribution in [0.15, 0.2) is 0 Å². The minimum Gasteiger partial charge on any atom is -0.466 e. The molecular formula is C4H9BO2. The molecule has 0 unspecified atom stereocenters. The maximum atomic E-state index is 10.0. The Morgan fingerprint density at radius 3 is 2.43 bits per heavy atom. The summed E-state index contributed by atoms with van der Waals surface area (Å²) in [6.07, 6.45) is 1.54. The third-order valence-electron chi connectivity index (χ3n) is 0.788. The Hall–Kier alpha value is -0.465. The number of carbonyl (C=O) groups excluding carboxylic acids is 1. The van der Waals surface area contributed by atoms with Crippen LogP contribution in [0.2, 0.25) is 0 Å². The lowest BCUT2D eigenvalue weighted by molar-refractivity contribution is -0.137. The topological polar surface area (TPSA) is 26.3 Å². The third kappa shape index (κ3) is 1.62. The molecule has 1 aliphatic rings. The summed E-state index contributed by atoms with van der Waals surface area (Å²) in [6.45, 7) is 0.638. The zero-order valence-corrected chi connectivity index (χ0v) is 3.44. The zero-order valence-electron chi connectivity index (χ0n) is 3.44. The van der Waals surface area contributed by atoms with Crippen molar-refractivity contribution in [3.63, 3.8) is 0 Å². The molecule has 0 aromatic carbocycles. The van der Waals surface area contributed by atoms with Gasteiger partial charge in [-0.05, 0) is 6.42 Å². The monoisotopic (exact) mass is 100 g/mol. The second-order valence-corrected chi connectivity index (χ2v) is 1.32. The largest absolute Gasteiger partial charge is 0.466 e. The van der Waals surface area contributed by atoms with Crippen LogP contribution in [0.25, 0.3) is 0 Å². The molecule has 3 heteroatoms. The van der Waals surface area contributed by atoms with E-state index >= 15 is 0 Å². The van der Waals surface area contributed by atoms with Crippen LogP contribution < -0.4 is 0 Å². The summed E-state index contributed by atoms with van der Waals surface area (Å²) >= 11 is 0. The van der Waals surface area contributed by atoms with Crippen molar-refractivity contribution in [3.05, 3.63) is 0 Å². The molecule has 1 saturated heterocycles. The number of hydrogen-bond acceptors (Lipinski definition) is 2. The van der Waals surface area contributed by atoms with Crippen LogP contribution in [0.1, 0.15) is 12.8 Å². The molecule has 0 saturated carbocycles. The van der Waals surface area contributed by atoms with E-state index in [9.17, 15) is 4.79 Å². The van der Waals surface area contributed by atoms with Crippen LogP contribution in [-0.4, -0.2) is 21.0 Å². The van der Waals surface area contributed by atoms with E-state index < -0.39 is 0 Å². The van der Waals surface area contributed by atoms with Gasteiger partial charge in [-0.3, -0.25) is 4.79 Å². The summed E-state index contributed by atoms with van der Waals surface area (Å²) in [5.41, 5.74) is 0. The number of ether oxygens (including phenoxy) is 1. The molecule has 0 amide bonds. The molecular weight excluding hydrogens is 90.9 g/mol. The van der Waals surface area contributed by atoms with Gasteiger partial charge in [0, 0.05) is 6.42 Å². The fraction of sp³-hybridized carbons (Fsp3) is 0.750. The van der Waals surface area contributed by atoms with E-state index in [0.29, 0.717) is 13.0 Å². The van der Waals surface area contributed by atoms with Crippen LogP contribution in [0, 0.1) is 0 Å². The Balaban J connectivity index is 0.000000360. The molecule has 1 heterocycles. The Bertz CT molecular complexity index is 64.1. The Kier molecular flexibility index (Phi) is 2.49. The molecule has 1 aliphatic heterocycles. The van der Waals surface area contributed by atoms with Crippen LogP contribution in [0.4, 0.5) is 0 Å². The summed E-state index contributed by atoms with van der Waals surface area (Å²) in [5.74, 6) is -0.0463. The molecule has 2 nitrogen and oxygen atoms in total. The maximum absolute atomic E-state index is 10.0. The summed E-state index contributed by atoms with van der Waals surface area (Å²) in [6, 6.07) is 0. The van der Waals surface area contributed by atoms with Crippen LogP contribution in [0.3, 0.4) is 0 Å². The first-order valence-corrected chi connectivity index (χ1v) is 2.05. The molecule has 0 N–H and O–H groups in total. The lowest BCUT2D eigenvalue weighted by Gasteiger charge is -1.81. The molecule has 0 bridgehead atoms. The van der Waals surface area contributed by atoms with E-state index in [1.54, 1.807) is 0 Å². The van der Waals surface area contributed by atoms with E-state index in [4.69, 9.17) is 0 Å². The van der Waals surface area contributed by atoms with Gasteiger partial charge in [-0.1, -0.05) is 0 Å². The van der Waals surface area contributed by atoms with Gasteiger partial charge in [0.25, 0.3) is 0 Å². The van der Waals surface area contributed by atoms with Crippen molar-refractivity contribution in [1.82, 2.24) is 0 Å². The zero-order chi connectivity index (χ0) is 4.41. The fourth-order valence-corrected chi connectivity index (χ4v) is 0.475. The average molecular weight is 99.9 g/mol. The van der Waals surface area contributed by atoms with Gasteiger partial charge >= 0.3 is 5.97 Å². The number of cyclic esters (lactones) is 1. The highest BCUT2D eigenvalue weighted by Gasteiger charge is 2.08. The molecule has 1 fully saturated rings. The Morgan fingerprint density at radius 2 is 2.29 bits per heavy atom. The van der Waals surface area contributed by atoms with Gasteiger partial charge in [0.15, 0.2) is 0 Å². The Labute approximate surface area is 44.4 Å². The first-order valence-electron chi connectivity index (χ1n) is 2.05. The molecule has 0 radical (unpaired) electrons. The summed E-state index contributed by atoms with van der Waals surface area (Å²) in [4.78, 5) is 10.0. The van der Waals surface area contributed by atoms with Crippen molar-refractivity contribution < 1.29 is 9.53 Å². The first kappa shape index (κ1) is 6.53. The lowest BCUT2D eigenvalue weighted by atomic mass is 10.4. The number of rotatable bonds is 0. The highest BCUT2D eigenvalue weighted by Crippen LogP contribution is 2.01. The highest BCUT2D eigenvalue weighted by atomic mass is 16.5. The second kappa shape index (κ2) is 2.67. The minimum atomic E-state index is -0.0463. The number of esters is 1. The van der Waals surface area contributed by atoms with Crippen molar-refractivity contribution in [2.45, 2.75) is 12.8 Å². The summed E-state index contributed by atoms with van der Waals surface area (Å²) in [5, 5.41) is 0.